The first kappa shape index (κ1) is 19.9. The molecule has 9 heteroatoms. The number of nitrogens with zero attached hydrogens (tertiary/aromatic N) is 6. The molecule has 0 radical (unpaired) electrons. The van der Waals surface area contributed by atoms with Gasteiger partial charge >= 0.3 is 0 Å². The van der Waals surface area contributed by atoms with Crippen molar-refractivity contribution in [1.82, 2.24) is 24.9 Å². The summed E-state index contributed by atoms with van der Waals surface area (Å²) in [6.45, 7) is 4.31. The fraction of sp³-hybridized carbons (Fsp3) is 0.409. The highest BCUT2D eigenvalue weighted by Gasteiger charge is 2.28. The van der Waals surface area contributed by atoms with Crippen LogP contribution in [0.2, 0.25) is 0 Å². The van der Waals surface area contributed by atoms with E-state index in [9.17, 15) is 9.59 Å². The van der Waals surface area contributed by atoms with Gasteiger partial charge in [-0.3, -0.25) is 9.59 Å². The van der Waals surface area contributed by atoms with Crippen molar-refractivity contribution in [2.24, 2.45) is 0 Å². The molecule has 31 heavy (non-hydrogen) atoms. The monoisotopic (exact) mass is 436 g/mol. The van der Waals surface area contributed by atoms with Crippen LogP contribution in [0.3, 0.4) is 0 Å². The quantitative estimate of drug-likeness (QED) is 0.623. The zero-order valence-electron chi connectivity index (χ0n) is 17.4. The molecule has 0 unspecified atom stereocenters. The van der Waals surface area contributed by atoms with Crippen molar-refractivity contribution in [3.63, 3.8) is 0 Å². The molecule has 1 aliphatic carbocycles. The molecule has 4 heterocycles. The number of amides is 1. The Morgan fingerprint density at radius 3 is 2.71 bits per heavy atom. The van der Waals surface area contributed by atoms with Crippen molar-refractivity contribution in [3.05, 3.63) is 57.3 Å². The lowest BCUT2D eigenvalue weighted by atomic mass is 10.2. The Morgan fingerprint density at radius 1 is 1.10 bits per heavy atom. The number of thiophene rings is 1. The molecule has 0 N–H and O–H groups in total. The van der Waals surface area contributed by atoms with Gasteiger partial charge in [0.15, 0.2) is 5.82 Å². The molecule has 0 aromatic carbocycles. The van der Waals surface area contributed by atoms with Crippen molar-refractivity contribution < 1.29 is 4.79 Å². The van der Waals surface area contributed by atoms with Crippen LogP contribution >= 0.6 is 11.3 Å². The molecule has 2 aliphatic rings. The topological polar surface area (TPSA) is 84.2 Å². The Balaban J connectivity index is 1.27. The second-order valence-electron chi connectivity index (χ2n) is 8.00. The van der Waals surface area contributed by atoms with E-state index in [-0.39, 0.29) is 11.5 Å². The van der Waals surface area contributed by atoms with Gasteiger partial charge in [0.2, 0.25) is 5.91 Å². The smallest absolute Gasteiger partial charge is 0.267 e. The first-order valence-corrected chi connectivity index (χ1v) is 11.5. The first-order chi connectivity index (χ1) is 15.1. The maximum atomic E-state index is 13.1. The highest BCUT2D eigenvalue weighted by molar-refractivity contribution is 7.13. The molecule has 3 aromatic rings. The Kier molecular flexibility index (Phi) is 5.27. The van der Waals surface area contributed by atoms with Gasteiger partial charge in [0, 0.05) is 32.2 Å². The van der Waals surface area contributed by atoms with Crippen LogP contribution in [0.5, 0.6) is 0 Å². The van der Waals surface area contributed by atoms with E-state index in [2.05, 4.69) is 26.3 Å². The third-order valence-corrected chi connectivity index (χ3v) is 6.94. The number of fused-ring (bicyclic) bond motifs is 1. The number of carbonyl (C=O) groups excluding carboxylic acids is 1. The highest BCUT2D eigenvalue weighted by atomic mass is 32.1. The number of aromatic nitrogens is 4. The minimum Gasteiger partial charge on any atom is -0.352 e. The molecule has 8 nitrogen and oxygen atoms in total. The first-order valence-electron chi connectivity index (χ1n) is 10.6. The van der Waals surface area contributed by atoms with Gasteiger partial charge in [-0.1, -0.05) is 6.07 Å². The van der Waals surface area contributed by atoms with Crippen molar-refractivity contribution in [2.45, 2.75) is 32.2 Å². The van der Waals surface area contributed by atoms with Crippen LogP contribution in [0.1, 0.15) is 30.6 Å². The summed E-state index contributed by atoms with van der Waals surface area (Å²) in [6, 6.07) is 8.58. The summed E-state index contributed by atoms with van der Waals surface area (Å²) >= 11 is 1.55. The average molecular weight is 437 g/mol. The number of piperazine rings is 1. The van der Waals surface area contributed by atoms with Gasteiger partial charge in [-0.05, 0) is 55.3 Å². The normalized spacial score (nSPS) is 16.9. The van der Waals surface area contributed by atoms with Gasteiger partial charge in [-0.25, -0.2) is 4.68 Å². The lowest BCUT2D eigenvalue weighted by Crippen LogP contribution is -2.51. The Labute approximate surface area is 184 Å². The van der Waals surface area contributed by atoms with E-state index in [1.807, 2.05) is 22.4 Å². The van der Waals surface area contributed by atoms with E-state index in [0.29, 0.717) is 31.9 Å². The number of rotatable bonds is 4. The standard InChI is InChI=1S/C22H24N6O2S/c1-15(28-21(29)8-7-18(25-28)19-6-3-13-31-19)22(30)27-11-9-26(10-12-27)20-14-16-4-2-5-17(16)23-24-20/h3,6-8,13-15H,2,4-5,9-12H2,1H3/t15-/m0/s1. The fourth-order valence-corrected chi connectivity index (χ4v) is 4.95. The van der Waals surface area contributed by atoms with Crippen LogP contribution in [0.4, 0.5) is 5.82 Å². The van der Waals surface area contributed by atoms with Crippen LogP contribution in [-0.2, 0) is 17.6 Å². The maximum Gasteiger partial charge on any atom is 0.267 e. The average Bonchev–Trinajstić information content (AvgIpc) is 3.50. The van der Waals surface area contributed by atoms with Gasteiger partial charge in [0.25, 0.3) is 5.56 Å². The number of hydrogen-bond donors (Lipinski definition) is 0. The molecule has 1 amide bonds. The molecule has 1 fully saturated rings. The van der Waals surface area contributed by atoms with E-state index in [0.717, 1.165) is 35.7 Å². The molecule has 1 atom stereocenters. The molecule has 0 saturated carbocycles. The Bertz CT molecular complexity index is 1150. The zero-order chi connectivity index (χ0) is 21.4. The minimum atomic E-state index is -0.654. The molecule has 160 valence electrons. The predicted octanol–water partition coefficient (Wildman–Crippen LogP) is 2.16. The molecular formula is C22H24N6O2S. The maximum absolute atomic E-state index is 13.1. The van der Waals surface area contributed by atoms with Gasteiger partial charge in [-0.15, -0.1) is 16.4 Å². The second-order valence-corrected chi connectivity index (χ2v) is 8.94. The second kappa shape index (κ2) is 8.22. The predicted molar refractivity (Wildman–Crippen MR) is 119 cm³/mol. The van der Waals surface area contributed by atoms with Gasteiger partial charge in [-0.2, -0.15) is 10.2 Å². The van der Waals surface area contributed by atoms with E-state index in [1.54, 1.807) is 24.3 Å². The van der Waals surface area contributed by atoms with Gasteiger partial charge in [0.1, 0.15) is 11.7 Å². The summed E-state index contributed by atoms with van der Waals surface area (Å²) in [5.74, 6) is 0.806. The number of hydrogen-bond acceptors (Lipinski definition) is 7. The molecule has 1 aliphatic heterocycles. The van der Waals surface area contributed by atoms with E-state index < -0.39 is 6.04 Å². The number of aryl methyl sites for hydroxylation is 2. The minimum absolute atomic E-state index is 0.0855. The summed E-state index contributed by atoms with van der Waals surface area (Å²) in [5.41, 5.74) is 2.85. The van der Waals surface area contributed by atoms with Crippen LogP contribution in [0.25, 0.3) is 10.6 Å². The van der Waals surface area contributed by atoms with Crippen molar-refractivity contribution in [3.8, 4) is 10.6 Å². The summed E-state index contributed by atoms with van der Waals surface area (Å²) in [6.07, 6.45) is 3.23. The van der Waals surface area contributed by atoms with Crippen LogP contribution in [0.15, 0.2) is 40.5 Å². The van der Waals surface area contributed by atoms with Gasteiger partial charge < -0.3 is 9.80 Å². The molecule has 0 bridgehead atoms. The third kappa shape index (κ3) is 3.85. The fourth-order valence-electron chi connectivity index (χ4n) is 4.25. The number of anilines is 1. The van der Waals surface area contributed by atoms with Crippen molar-refractivity contribution in [1.29, 1.82) is 0 Å². The number of carbonyl (C=O) groups is 1. The molecular weight excluding hydrogens is 412 g/mol. The zero-order valence-corrected chi connectivity index (χ0v) is 18.2. The molecule has 3 aromatic heterocycles. The van der Waals surface area contributed by atoms with Crippen LogP contribution in [0, 0.1) is 0 Å². The lowest BCUT2D eigenvalue weighted by molar-refractivity contribution is -0.135. The summed E-state index contributed by atoms with van der Waals surface area (Å²) in [5, 5.41) is 15.2. The van der Waals surface area contributed by atoms with Gasteiger partial charge in [0.05, 0.1) is 10.6 Å². The summed E-state index contributed by atoms with van der Waals surface area (Å²) in [4.78, 5) is 30.5. The lowest BCUT2D eigenvalue weighted by Gasteiger charge is -2.36. The highest BCUT2D eigenvalue weighted by Crippen LogP contribution is 2.24. The van der Waals surface area contributed by atoms with Crippen LogP contribution in [-0.4, -0.2) is 57.0 Å². The van der Waals surface area contributed by atoms with E-state index in [4.69, 9.17) is 0 Å². The SMILES string of the molecule is C[C@@H](C(=O)N1CCN(c2cc3c(nn2)CCC3)CC1)n1nc(-c2cccs2)ccc1=O. The molecule has 5 rings (SSSR count). The largest absolute Gasteiger partial charge is 0.352 e. The molecule has 0 spiro atoms. The van der Waals surface area contributed by atoms with Crippen LogP contribution < -0.4 is 10.5 Å². The third-order valence-electron chi connectivity index (χ3n) is 6.05. The summed E-state index contributed by atoms with van der Waals surface area (Å²) < 4.78 is 1.30. The molecule has 1 saturated heterocycles. The van der Waals surface area contributed by atoms with E-state index in [1.165, 1.54) is 16.3 Å². The van der Waals surface area contributed by atoms with E-state index >= 15 is 0 Å². The van der Waals surface area contributed by atoms with Crippen molar-refractivity contribution in [2.75, 3.05) is 31.1 Å². The Morgan fingerprint density at radius 2 is 1.94 bits per heavy atom. The Hall–Kier alpha value is -3.07. The van der Waals surface area contributed by atoms with Crippen molar-refractivity contribution >= 4 is 23.1 Å². The summed E-state index contributed by atoms with van der Waals surface area (Å²) in [7, 11) is 0.